The van der Waals surface area contributed by atoms with E-state index in [1.165, 1.54) is 9.47 Å². The summed E-state index contributed by atoms with van der Waals surface area (Å²) in [6.45, 7) is -0.0534. The lowest BCUT2D eigenvalue weighted by Gasteiger charge is -2.24. The highest BCUT2D eigenvalue weighted by atomic mass is 19.1. The molecule has 148 valence electrons. The lowest BCUT2D eigenvalue weighted by molar-refractivity contribution is -0.122. The van der Waals surface area contributed by atoms with E-state index in [1.807, 2.05) is 0 Å². The van der Waals surface area contributed by atoms with Crippen LogP contribution in [0.25, 0.3) is 10.9 Å². The van der Waals surface area contributed by atoms with Gasteiger partial charge in [0, 0.05) is 25.3 Å². The predicted molar refractivity (Wildman–Crippen MR) is 96.3 cm³/mol. The van der Waals surface area contributed by atoms with Gasteiger partial charge in [-0.25, -0.2) is 13.6 Å². The maximum absolute atomic E-state index is 15.5. The second-order valence-electron chi connectivity index (χ2n) is 7.42. The number of carboxylic acid groups (broad SMARTS) is 1. The Balaban J connectivity index is 1.95. The number of fused-ring (bicyclic) bond motifs is 1. The van der Waals surface area contributed by atoms with Crippen molar-refractivity contribution in [1.82, 2.24) is 4.57 Å². The summed E-state index contributed by atoms with van der Waals surface area (Å²) in [7, 11) is 0. The van der Waals surface area contributed by atoms with E-state index < -0.39 is 45.7 Å². The molecule has 10 heteroatoms. The van der Waals surface area contributed by atoms with Crippen LogP contribution in [0.2, 0.25) is 0 Å². The molecule has 2 heterocycles. The summed E-state index contributed by atoms with van der Waals surface area (Å²) >= 11 is 0. The Morgan fingerprint density at radius 3 is 2.50 bits per heavy atom. The molecule has 1 aliphatic heterocycles. The average molecular weight is 392 g/mol. The van der Waals surface area contributed by atoms with Crippen LogP contribution >= 0.6 is 0 Å². The number of hydrogen-bond acceptors (Lipinski definition) is 5. The van der Waals surface area contributed by atoms with Crippen molar-refractivity contribution < 1.29 is 23.5 Å². The number of anilines is 1. The zero-order chi connectivity index (χ0) is 20.4. The molecule has 1 amide bonds. The molecular formula is C18H18F2N4O4. The molecule has 1 aromatic carbocycles. The van der Waals surface area contributed by atoms with E-state index in [2.05, 4.69) is 0 Å². The average Bonchev–Trinajstić information content (AvgIpc) is 3.38. The zero-order valence-corrected chi connectivity index (χ0v) is 14.7. The van der Waals surface area contributed by atoms with Crippen molar-refractivity contribution in [3.05, 3.63) is 39.7 Å². The number of carbonyl (C=O) groups is 2. The number of primary amides is 1. The van der Waals surface area contributed by atoms with Gasteiger partial charge in [-0.1, -0.05) is 0 Å². The molecule has 1 aliphatic carbocycles. The molecule has 1 saturated heterocycles. The number of rotatable bonds is 4. The summed E-state index contributed by atoms with van der Waals surface area (Å²) in [5.74, 6) is -4.23. The molecule has 1 saturated carbocycles. The van der Waals surface area contributed by atoms with E-state index in [0.29, 0.717) is 12.8 Å². The van der Waals surface area contributed by atoms with Crippen LogP contribution < -0.4 is 21.8 Å². The third kappa shape index (κ3) is 2.63. The van der Waals surface area contributed by atoms with E-state index in [4.69, 9.17) is 11.5 Å². The molecule has 1 unspecified atom stereocenters. The second kappa shape index (κ2) is 5.99. The normalized spacial score (nSPS) is 22.0. The Kier molecular flexibility index (Phi) is 3.93. The minimum atomic E-state index is -1.46. The molecule has 5 N–H and O–H groups in total. The molecule has 0 bridgehead atoms. The van der Waals surface area contributed by atoms with Crippen molar-refractivity contribution in [2.45, 2.75) is 30.8 Å². The van der Waals surface area contributed by atoms with Crippen LogP contribution in [0.1, 0.15) is 35.7 Å². The summed E-state index contributed by atoms with van der Waals surface area (Å²) in [4.78, 5) is 36.7. The SMILES string of the molecule is NC(=O)C1(N)CCN(c2c(F)cc3c(=O)c(C(=O)O)cn(C4CC4)c3c2F)C1. The van der Waals surface area contributed by atoms with Gasteiger partial charge in [0.1, 0.15) is 22.6 Å². The number of nitrogens with zero attached hydrogens (tertiary/aromatic N) is 2. The Bertz CT molecular complexity index is 1100. The van der Waals surface area contributed by atoms with Crippen molar-refractivity contribution >= 4 is 28.5 Å². The fourth-order valence-electron chi connectivity index (χ4n) is 3.74. The molecule has 2 fully saturated rings. The van der Waals surface area contributed by atoms with Crippen LogP contribution in [0.5, 0.6) is 0 Å². The van der Waals surface area contributed by atoms with E-state index in [0.717, 1.165) is 12.3 Å². The van der Waals surface area contributed by atoms with Crippen LogP contribution in [0, 0.1) is 11.6 Å². The van der Waals surface area contributed by atoms with Crippen LogP contribution in [0.3, 0.4) is 0 Å². The van der Waals surface area contributed by atoms with Crippen molar-refractivity contribution in [2.75, 3.05) is 18.0 Å². The minimum absolute atomic E-state index is 0.111. The molecule has 28 heavy (non-hydrogen) atoms. The number of amides is 1. The number of carbonyl (C=O) groups excluding carboxylic acids is 1. The molecule has 0 spiro atoms. The standard InChI is InChI=1S/C18H18F2N4O4/c19-11-5-9-13(24(8-1-2-8)6-10(15(9)25)16(26)27)12(20)14(11)23-4-3-18(22,7-23)17(21)28/h5-6,8H,1-4,7,22H2,(H2,21,28)(H,26,27). The summed E-state index contributed by atoms with van der Waals surface area (Å²) in [6.07, 6.45) is 2.63. The maximum atomic E-state index is 15.5. The van der Waals surface area contributed by atoms with E-state index >= 15 is 4.39 Å². The topological polar surface area (TPSA) is 132 Å². The predicted octanol–water partition coefficient (Wildman–Crippen LogP) is 0.706. The first-order valence-corrected chi connectivity index (χ1v) is 8.78. The Hall–Kier alpha value is -3.01. The van der Waals surface area contributed by atoms with E-state index in [9.17, 15) is 23.9 Å². The fourth-order valence-corrected chi connectivity index (χ4v) is 3.74. The minimum Gasteiger partial charge on any atom is -0.477 e. The van der Waals surface area contributed by atoms with Crippen molar-refractivity contribution in [3.8, 4) is 0 Å². The van der Waals surface area contributed by atoms with Crippen LogP contribution in [0.15, 0.2) is 17.1 Å². The third-order valence-corrected chi connectivity index (χ3v) is 5.46. The van der Waals surface area contributed by atoms with Gasteiger partial charge in [-0.15, -0.1) is 0 Å². The van der Waals surface area contributed by atoms with Gasteiger partial charge in [0.2, 0.25) is 11.3 Å². The Morgan fingerprint density at radius 1 is 1.29 bits per heavy atom. The molecule has 2 aliphatic rings. The summed E-state index contributed by atoms with van der Waals surface area (Å²) in [6, 6.07) is 0.689. The molecular weight excluding hydrogens is 374 g/mol. The number of benzene rings is 1. The first-order valence-electron chi connectivity index (χ1n) is 8.78. The number of halogens is 2. The van der Waals surface area contributed by atoms with E-state index in [-0.39, 0.29) is 36.5 Å². The van der Waals surface area contributed by atoms with Gasteiger partial charge in [0.05, 0.1) is 10.9 Å². The van der Waals surface area contributed by atoms with Crippen molar-refractivity contribution in [3.63, 3.8) is 0 Å². The van der Waals surface area contributed by atoms with Gasteiger partial charge in [-0.05, 0) is 25.3 Å². The zero-order valence-electron chi connectivity index (χ0n) is 14.7. The van der Waals surface area contributed by atoms with E-state index in [1.54, 1.807) is 0 Å². The quantitative estimate of drug-likeness (QED) is 0.702. The Labute approximate surface area is 157 Å². The van der Waals surface area contributed by atoms with Crippen LogP contribution in [0.4, 0.5) is 14.5 Å². The number of hydrogen-bond donors (Lipinski definition) is 3. The number of nitrogens with two attached hydrogens (primary N) is 2. The summed E-state index contributed by atoms with van der Waals surface area (Å²) in [5, 5.41) is 8.93. The third-order valence-electron chi connectivity index (χ3n) is 5.46. The molecule has 1 aromatic heterocycles. The highest BCUT2D eigenvalue weighted by molar-refractivity contribution is 5.94. The number of pyridine rings is 1. The van der Waals surface area contributed by atoms with Crippen LogP contribution in [-0.4, -0.2) is 40.2 Å². The lowest BCUT2D eigenvalue weighted by Crippen LogP contribution is -2.54. The molecule has 2 aromatic rings. The highest BCUT2D eigenvalue weighted by Crippen LogP contribution is 2.40. The largest absolute Gasteiger partial charge is 0.477 e. The first kappa shape index (κ1) is 18.4. The lowest BCUT2D eigenvalue weighted by atomic mass is 10.00. The number of carboxylic acids is 1. The number of aromatic nitrogens is 1. The molecule has 0 radical (unpaired) electrons. The summed E-state index contributed by atoms with van der Waals surface area (Å²) in [5.41, 5.74) is 7.77. The van der Waals surface area contributed by atoms with Gasteiger partial charge in [0.25, 0.3) is 0 Å². The molecule has 1 atom stereocenters. The Morgan fingerprint density at radius 2 is 1.96 bits per heavy atom. The van der Waals surface area contributed by atoms with Crippen molar-refractivity contribution in [1.29, 1.82) is 0 Å². The van der Waals surface area contributed by atoms with Crippen molar-refractivity contribution in [2.24, 2.45) is 11.5 Å². The number of aromatic carboxylic acids is 1. The van der Waals surface area contributed by atoms with Gasteiger partial charge in [-0.3, -0.25) is 9.59 Å². The van der Waals surface area contributed by atoms with Gasteiger partial charge in [0.15, 0.2) is 5.82 Å². The second-order valence-corrected chi connectivity index (χ2v) is 7.42. The van der Waals surface area contributed by atoms with Crippen LogP contribution in [-0.2, 0) is 4.79 Å². The fraction of sp³-hybridized carbons (Fsp3) is 0.389. The van der Waals surface area contributed by atoms with Gasteiger partial charge in [-0.2, -0.15) is 0 Å². The van der Waals surface area contributed by atoms with Gasteiger partial charge >= 0.3 is 5.97 Å². The molecule has 8 nitrogen and oxygen atoms in total. The van der Waals surface area contributed by atoms with Gasteiger partial charge < -0.3 is 26.0 Å². The monoisotopic (exact) mass is 392 g/mol. The first-order chi connectivity index (χ1) is 13.1. The smallest absolute Gasteiger partial charge is 0.341 e. The molecule has 4 rings (SSSR count). The maximum Gasteiger partial charge on any atom is 0.341 e. The summed E-state index contributed by atoms with van der Waals surface area (Å²) < 4.78 is 31.6. The highest BCUT2D eigenvalue weighted by Gasteiger charge is 2.42.